The summed E-state index contributed by atoms with van der Waals surface area (Å²) < 4.78 is 1.36. The van der Waals surface area contributed by atoms with Crippen LogP contribution in [0.2, 0.25) is 0 Å². The van der Waals surface area contributed by atoms with Crippen LogP contribution in [0.1, 0.15) is 47.0 Å². The molecular formula is C11H25NO. The van der Waals surface area contributed by atoms with Crippen molar-refractivity contribution < 1.29 is 9.96 Å². The van der Waals surface area contributed by atoms with Crippen molar-refractivity contribution in [2.45, 2.75) is 59.0 Å². The smallest absolute Gasteiger partial charge is 0.0863 e. The molecular weight excluding hydrogens is 162 g/mol. The molecule has 1 saturated heterocycles. The molecule has 0 radical (unpaired) electrons. The number of hydrogen-bond acceptors (Lipinski definition) is 1. The summed E-state index contributed by atoms with van der Waals surface area (Å²) in [6.45, 7) is 12.2. The van der Waals surface area contributed by atoms with E-state index in [4.69, 9.17) is 0 Å². The quantitative estimate of drug-likeness (QED) is 0.611. The van der Waals surface area contributed by atoms with Crippen molar-refractivity contribution in [3.8, 4) is 0 Å². The molecule has 0 amide bonds. The van der Waals surface area contributed by atoms with Crippen molar-refractivity contribution in [3.05, 3.63) is 0 Å². The molecule has 2 nitrogen and oxygen atoms in total. The fourth-order valence-corrected chi connectivity index (χ4v) is 3.13. The topological polar surface area (TPSA) is 30.0 Å². The number of likely N-dealkylation sites (tertiary alicyclic amines) is 1. The van der Waals surface area contributed by atoms with E-state index in [1.807, 2.05) is 0 Å². The standard InChI is InChI=1S/C11H24N.H2O/c1-5-12(6-2)10(3)8-7-9-11(12)4;/h10-11H,5-9H2,1-4H3;1H2/q+1;/p-1. The van der Waals surface area contributed by atoms with E-state index in [2.05, 4.69) is 27.7 Å². The Hall–Kier alpha value is -0.0800. The lowest BCUT2D eigenvalue weighted by Crippen LogP contribution is -2.61. The molecule has 0 aromatic rings. The van der Waals surface area contributed by atoms with Gasteiger partial charge in [0.05, 0.1) is 25.2 Å². The number of hydrogen-bond donors (Lipinski definition) is 0. The third kappa shape index (κ3) is 2.05. The maximum absolute atomic E-state index is 2.43. The number of piperidine rings is 1. The van der Waals surface area contributed by atoms with Gasteiger partial charge in [-0.25, -0.2) is 0 Å². The summed E-state index contributed by atoms with van der Waals surface area (Å²) in [6, 6.07) is 1.78. The largest absolute Gasteiger partial charge is 0.870 e. The van der Waals surface area contributed by atoms with Crippen LogP contribution in [0.5, 0.6) is 0 Å². The van der Waals surface area contributed by atoms with Gasteiger partial charge in [-0.1, -0.05) is 0 Å². The van der Waals surface area contributed by atoms with Crippen molar-refractivity contribution >= 4 is 0 Å². The van der Waals surface area contributed by atoms with Crippen LogP contribution in [0, 0.1) is 0 Å². The molecule has 1 aliphatic heterocycles. The van der Waals surface area contributed by atoms with Gasteiger partial charge in [0, 0.05) is 0 Å². The first-order chi connectivity index (χ1) is 5.67. The van der Waals surface area contributed by atoms with E-state index in [0.717, 1.165) is 12.1 Å². The Balaban J connectivity index is 0.00000144. The molecule has 2 heteroatoms. The molecule has 1 aliphatic rings. The van der Waals surface area contributed by atoms with E-state index in [-0.39, 0.29) is 5.48 Å². The van der Waals surface area contributed by atoms with Crippen molar-refractivity contribution in [3.63, 3.8) is 0 Å². The molecule has 0 aromatic carbocycles. The molecule has 1 heterocycles. The van der Waals surface area contributed by atoms with Gasteiger partial charge in [0.1, 0.15) is 0 Å². The van der Waals surface area contributed by atoms with E-state index >= 15 is 0 Å². The average molecular weight is 187 g/mol. The first-order valence-electron chi connectivity index (χ1n) is 5.53. The van der Waals surface area contributed by atoms with Gasteiger partial charge in [-0.05, 0) is 47.0 Å². The van der Waals surface area contributed by atoms with Crippen molar-refractivity contribution in [1.82, 2.24) is 0 Å². The minimum Gasteiger partial charge on any atom is -0.870 e. The minimum atomic E-state index is 0. The van der Waals surface area contributed by atoms with Gasteiger partial charge in [0.2, 0.25) is 0 Å². The van der Waals surface area contributed by atoms with Crippen LogP contribution >= 0.6 is 0 Å². The Morgan fingerprint density at radius 1 is 1.00 bits per heavy atom. The Labute approximate surface area is 82.8 Å². The fourth-order valence-electron chi connectivity index (χ4n) is 3.13. The van der Waals surface area contributed by atoms with Gasteiger partial charge >= 0.3 is 0 Å². The Bertz CT molecular complexity index is 131. The molecule has 1 rings (SSSR count). The summed E-state index contributed by atoms with van der Waals surface area (Å²) in [4.78, 5) is 0. The maximum atomic E-state index is 2.43. The van der Waals surface area contributed by atoms with Gasteiger partial charge < -0.3 is 9.96 Å². The molecule has 0 aliphatic carbocycles. The first-order valence-corrected chi connectivity index (χ1v) is 5.53. The van der Waals surface area contributed by atoms with Crippen molar-refractivity contribution in [2.24, 2.45) is 0 Å². The van der Waals surface area contributed by atoms with E-state index in [0.29, 0.717) is 0 Å². The number of nitrogens with zero attached hydrogens (tertiary/aromatic N) is 1. The highest BCUT2D eigenvalue weighted by Gasteiger charge is 2.38. The molecule has 2 atom stereocenters. The lowest BCUT2D eigenvalue weighted by molar-refractivity contribution is -0.972. The van der Waals surface area contributed by atoms with Gasteiger partial charge in [-0.15, -0.1) is 0 Å². The molecule has 1 N–H and O–H groups in total. The summed E-state index contributed by atoms with van der Waals surface area (Å²) >= 11 is 0. The second kappa shape index (κ2) is 4.97. The second-order valence-electron chi connectivity index (χ2n) is 4.36. The third-order valence-electron chi connectivity index (χ3n) is 4.18. The number of quaternary nitrogens is 1. The minimum absolute atomic E-state index is 0. The summed E-state index contributed by atoms with van der Waals surface area (Å²) in [7, 11) is 0. The third-order valence-corrected chi connectivity index (χ3v) is 4.18. The monoisotopic (exact) mass is 187 g/mol. The zero-order chi connectivity index (χ0) is 9.19. The average Bonchev–Trinajstić information content (AvgIpc) is 2.06. The van der Waals surface area contributed by atoms with Crippen molar-refractivity contribution in [1.29, 1.82) is 0 Å². The molecule has 0 bridgehead atoms. The summed E-state index contributed by atoms with van der Waals surface area (Å²) in [6.07, 6.45) is 4.32. The highest BCUT2D eigenvalue weighted by molar-refractivity contribution is 4.67. The highest BCUT2D eigenvalue weighted by Crippen LogP contribution is 2.30. The van der Waals surface area contributed by atoms with Crippen LogP contribution < -0.4 is 0 Å². The highest BCUT2D eigenvalue weighted by atomic mass is 16.0. The first kappa shape index (κ1) is 12.9. The van der Waals surface area contributed by atoms with E-state index < -0.39 is 0 Å². The normalized spacial score (nSPS) is 32.3. The summed E-state index contributed by atoms with van der Waals surface area (Å²) in [5.41, 5.74) is 0. The predicted molar refractivity (Wildman–Crippen MR) is 56.1 cm³/mol. The second-order valence-corrected chi connectivity index (χ2v) is 4.36. The van der Waals surface area contributed by atoms with Crippen LogP contribution in [0.25, 0.3) is 0 Å². The van der Waals surface area contributed by atoms with Crippen LogP contribution in [0.4, 0.5) is 0 Å². The maximum Gasteiger partial charge on any atom is 0.0863 e. The molecule has 1 fully saturated rings. The molecule has 80 valence electrons. The Morgan fingerprint density at radius 3 is 1.62 bits per heavy atom. The SMILES string of the molecule is CC[N+]1(CC)C(C)CCCC1C.[OH-]. The van der Waals surface area contributed by atoms with Crippen molar-refractivity contribution in [2.75, 3.05) is 13.1 Å². The van der Waals surface area contributed by atoms with Crippen LogP contribution in [-0.4, -0.2) is 35.1 Å². The summed E-state index contributed by atoms with van der Waals surface area (Å²) in [5.74, 6) is 0. The fraction of sp³-hybridized carbons (Fsp3) is 1.00. The van der Waals surface area contributed by atoms with Gasteiger partial charge in [-0.2, -0.15) is 0 Å². The number of rotatable bonds is 2. The van der Waals surface area contributed by atoms with Gasteiger partial charge in [0.25, 0.3) is 0 Å². The van der Waals surface area contributed by atoms with Crippen LogP contribution in [0.15, 0.2) is 0 Å². The Morgan fingerprint density at radius 2 is 1.38 bits per heavy atom. The van der Waals surface area contributed by atoms with E-state index in [1.54, 1.807) is 0 Å². The molecule has 0 saturated carbocycles. The summed E-state index contributed by atoms with van der Waals surface area (Å²) in [5, 5.41) is 0. The Kier molecular flexibility index (Phi) is 4.93. The molecule has 2 unspecified atom stereocenters. The molecule has 0 spiro atoms. The van der Waals surface area contributed by atoms with E-state index in [1.165, 1.54) is 36.8 Å². The predicted octanol–water partition coefficient (Wildman–Crippen LogP) is 2.63. The van der Waals surface area contributed by atoms with Crippen LogP contribution in [-0.2, 0) is 0 Å². The zero-order valence-corrected chi connectivity index (χ0v) is 9.58. The van der Waals surface area contributed by atoms with E-state index in [9.17, 15) is 0 Å². The van der Waals surface area contributed by atoms with Gasteiger partial charge in [0.15, 0.2) is 0 Å². The lowest BCUT2D eigenvalue weighted by atomic mass is 9.93. The van der Waals surface area contributed by atoms with Gasteiger partial charge in [-0.3, -0.25) is 0 Å². The lowest BCUT2D eigenvalue weighted by Gasteiger charge is -2.50. The molecule has 0 aromatic heterocycles. The van der Waals surface area contributed by atoms with Crippen LogP contribution in [0.3, 0.4) is 0 Å². The zero-order valence-electron chi connectivity index (χ0n) is 9.58. The molecule has 13 heavy (non-hydrogen) atoms.